The monoisotopic (exact) mass is 552 g/mol. The van der Waals surface area contributed by atoms with Gasteiger partial charge in [0, 0.05) is 16.9 Å². The second kappa shape index (κ2) is 10.8. The smallest absolute Gasteiger partial charge is 0.416 e. The molecule has 13 heteroatoms. The SMILES string of the molecule is COc1ccc(-c2nnc(SCC(=O)Nc3cc(C(F)(F)F)cc(C(F)(F)F)c3)n2-c2ccccc2)cc1. The van der Waals surface area contributed by atoms with E-state index >= 15 is 0 Å². The number of nitrogens with one attached hydrogen (secondary N) is 1. The fourth-order valence-corrected chi connectivity index (χ4v) is 4.21. The van der Waals surface area contributed by atoms with E-state index in [1.165, 1.54) is 7.11 Å². The highest BCUT2D eigenvalue weighted by Gasteiger charge is 2.37. The van der Waals surface area contributed by atoms with Crippen molar-refractivity contribution in [3.8, 4) is 22.8 Å². The summed E-state index contributed by atoms with van der Waals surface area (Å²) in [5.74, 6) is -0.0925. The molecule has 0 saturated carbocycles. The first-order valence-corrected chi connectivity index (χ1v) is 11.8. The molecule has 1 heterocycles. The second-order valence-electron chi connectivity index (χ2n) is 7.84. The van der Waals surface area contributed by atoms with Crippen LogP contribution < -0.4 is 10.1 Å². The van der Waals surface area contributed by atoms with Crippen LogP contribution >= 0.6 is 11.8 Å². The molecule has 0 bridgehead atoms. The van der Waals surface area contributed by atoms with Crippen LogP contribution in [0.25, 0.3) is 17.1 Å². The number of aromatic nitrogens is 3. The molecule has 38 heavy (non-hydrogen) atoms. The number of thioether (sulfide) groups is 1. The first-order valence-electron chi connectivity index (χ1n) is 10.8. The van der Waals surface area contributed by atoms with Crippen LogP contribution in [0, 0.1) is 0 Å². The molecule has 0 aliphatic rings. The Morgan fingerprint density at radius 1 is 0.895 bits per heavy atom. The fourth-order valence-electron chi connectivity index (χ4n) is 3.45. The lowest BCUT2D eigenvalue weighted by Crippen LogP contribution is -2.17. The predicted molar refractivity (Wildman–Crippen MR) is 129 cm³/mol. The Hall–Kier alpha value is -4.00. The van der Waals surface area contributed by atoms with Crippen LogP contribution in [0.2, 0.25) is 0 Å². The van der Waals surface area contributed by atoms with Crippen molar-refractivity contribution in [3.63, 3.8) is 0 Å². The summed E-state index contributed by atoms with van der Waals surface area (Å²) in [7, 11) is 1.53. The fraction of sp³-hybridized carbons (Fsp3) is 0.160. The number of carbonyl (C=O) groups is 1. The van der Waals surface area contributed by atoms with Gasteiger partial charge in [0.15, 0.2) is 11.0 Å². The zero-order valence-corrected chi connectivity index (χ0v) is 20.3. The summed E-state index contributed by atoms with van der Waals surface area (Å²) in [6, 6.07) is 16.9. The Morgan fingerprint density at radius 2 is 1.50 bits per heavy atom. The molecule has 3 aromatic carbocycles. The first-order chi connectivity index (χ1) is 18.0. The van der Waals surface area contributed by atoms with E-state index in [0.717, 1.165) is 11.8 Å². The van der Waals surface area contributed by atoms with Gasteiger partial charge < -0.3 is 10.1 Å². The molecule has 0 unspecified atom stereocenters. The zero-order chi connectivity index (χ0) is 27.5. The van der Waals surface area contributed by atoms with Gasteiger partial charge in [-0.3, -0.25) is 9.36 Å². The Bertz CT molecular complexity index is 1390. The molecule has 0 atom stereocenters. The Balaban J connectivity index is 1.58. The van der Waals surface area contributed by atoms with Gasteiger partial charge in [0.2, 0.25) is 5.91 Å². The van der Waals surface area contributed by atoms with E-state index in [1.54, 1.807) is 53.1 Å². The van der Waals surface area contributed by atoms with Crippen LogP contribution in [0.4, 0.5) is 32.0 Å². The highest BCUT2D eigenvalue weighted by atomic mass is 32.2. The molecule has 0 aliphatic carbocycles. The van der Waals surface area contributed by atoms with Crippen LogP contribution in [-0.4, -0.2) is 33.5 Å². The van der Waals surface area contributed by atoms with Gasteiger partial charge in [0.05, 0.1) is 24.0 Å². The maximum absolute atomic E-state index is 13.1. The Kier molecular flexibility index (Phi) is 7.67. The van der Waals surface area contributed by atoms with Crippen molar-refractivity contribution in [1.29, 1.82) is 0 Å². The number of methoxy groups -OCH3 is 1. The summed E-state index contributed by atoms with van der Waals surface area (Å²) in [5.41, 5.74) is -2.30. The number of benzene rings is 3. The van der Waals surface area contributed by atoms with Crippen molar-refractivity contribution in [3.05, 3.63) is 83.9 Å². The number of halogens is 6. The van der Waals surface area contributed by atoms with Crippen molar-refractivity contribution >= 4 is 23.4 Å². The molecule has 1 amide bonds. The first kappa shape index (κ1) is 27.0. The molecule has 1 N–H and O–H groups in total. The maximum atomic E-state index is 13.1. The third-order valence-corrected chi connectivity index (χ3v) is 6.13. The van der Waals surface area contributed by atoms with Crippen LogP contribution in [-0.2, 0) is 17.1 Å². The highest BCUT2D eigenvalue weighted by Crippen LogP contribution is 2.37. The van der Waals surface area contributed by atoms with Gasteiger partial charge in [-0.05, 0) is 54.6 Å². The summed E-state index contributed by atoms with van der Waals surface area (Å²) in [6.45, 7) is 0. The van der Waals surface area contributed by atoms with Gasteiger partial charge >= 0.3 is 12.4 Å². The lowest BCUT2D eigenvalue weighted by Gasteiger charge is -2.15. The molecule has 6 nitrogen and oxygen atoms in total. The van der Waals surface area contributed by atoms with Crippen molar-refractivity contribution in [2.45, 2.75) is 17.5 Å². The summed E-state index contributed by atoms with van der Waals surface area (Å²) >= 11 is 0.920. The molecule has 198 valence electrons. The number of amides is 1. The molecular formula is C25H18F6N4O2S. The number of carbonyl (C=O) groups excluding carboxylic acids is 1. The standard InChI is InChI=1S/C25H18F6N4O2S/c1-37-20-9-7-15(8-10-20)22-33-34-23(35(22)19-5-3-2-4-6-19)38-14-21(36)32-18-12-16(24(26,27)28)11-17(13-18)25(29,30)31/h2-13H,14H2,1H3,(H,32,36). The van der Waals surface area contributed by atoms with Gasteiger partial charge in [-0.1, -0.05) is 30.0 Å². The number of nitrogens with zero attached hydrogens (tertiary/aromatic N) is 3. The van der Waals surface area contributed by atoms with Crippen LogP contribution in [0.5, 0.6) is 5.75 Å². The van der Waals surface area contributed by atoms with Crippen molar-refractivity contribution < 1.29 is 35.9 Å². The maximum Gasteiger partial charge on any atom is 0.416 e. The van der Waals surface area contributed by atoms with E-state index < -0.39 is 35.1 Å². The molecule has 0 saturated heterocycles. The minimum Gasteiger partial charge on any atom is -0.497 e. The minimum atomic E-state index is -5.03. The summed E-state index contributed by atoms with van der Waals surface area (Å²) in [4.78, 5) is 12.5. The van der Waals surface area contributed by atoms with E-state index in [1.807, 2.05) is 6.07 Å². The second-order valence-corrected chi connectivity index (χ2v) is 8.78. The molecule has 0 aliphatic heterocycles. The third-order valence-electron chi connectivity index (χ3n) is 5.20. The molecule has 0 radical (unpaired) electrons. The quantitative estimate of drug-likeness (QED) is 0.204. The van der Waals surface area contributed by atoms with Gasteiger partial charge in [-0.2, -0.15) is 26.3 Å². The molecule has 0 spiro atoms. The van der Waals surface area contributed by atoms with Crippen molar-refractivity contribution in [1.82, 2.24) is 14.8 Å². The highest BCUT2D eigenvalue weighted by molar-refractivity contribution is 7.99. The number of para-hydroxylation sites is 1. The Labute approximate surface area is 216 Å². The molecule has 4 rings (SSSR count). The molecule has 0 fully saturated rings. The number of rotatable bonds is 7. The zero-order valence-electron chi connectivity index (χ0n) is 19.5. The summed E-state index contributed by atoms with van der Waals surface area (Å²) in [5, 5.41) is 10.8. The number of anilines is 1. The minimum absolute atomic E-state index is 0.00651. The van der Waals surface area contributed by atoms with Gasteiger partial charge in [0.1, 0.15) is 5.75 Å². The van der Waals surface area contributed by atoms with E-state index in [0.29, 0.717) is 35.0 Å². The van der Waals surface area contributed by atoms with Gasteiger partial charge in [-0.15, -0.1) is 10.2 Å². The van der Waals surface area contributed by atoms with Crippen LogP contribution in [0.3, 0.4) is 0 Å². The molecular weight excluding hydrogens is 534 g/mol. The topological polar surface area (TPSA) is 69.0 Å². The summed E-state index contributed by atoms with van der Waals surface area (Å²) in [6.07, 6.45) is -10.1. The number of alkyl halides is 6. The summed E-state index contributed by atoms with van der Waals surface area (Å²) < 4.78 is 85.6. The molecule has 1 aromatic heterocycles. The van der Waals surface area contributed by atoms with E-state index in [2.05, 4.69) is 15.5 Å². The van der Waals surface area contributed by atoms with E-state index in [-0.39, 0.29) is 17.0 Å². The Morgan fingerprint density at radius 3 is 2.05 bits per heavy atom. The molecule has 4 aromatic rings. The van der Waals surface area contributed by atoms with Gasteiger partial charge in [0.25, 0.3) is 0 Å². The van der Waals surface area contributed by atoms with Crippen molar-refractivity contribution in [2.75, 3.05) is 18.2 Å². The average Bonchev–Trinajstić information content (AvgIpc) is 3.31. The number of ether oxygens (including phenoxy) is 1. The van der Waals surface area contributed by atoms with Crippen LogP contribution in [0.1, 0.15) is 11.1 Å². The van der Waals surface area contributed by atoms with E-state index in [9.17, 15) is 31.1 Å². The van der Waals surface area contributed by atoms with Gasteiger partial charge in [-0.25, -0.2) is 0 Å². The number of hydrogen-bond donors (Lipinski definition) is 1. The predicted octanol–water partition coefficient (Wildman–Crippen LogP) is 6.71. The lowest BCUT2D eigenvalue weighted by molar-refractivity contribution is -0.143. The normalized spacial score (nSPS) is 11.9. The average molecular weight is 553 g/mol. The van der Waals surface area contributed by atoms with E-state index in [4.69, 9.17) is 4.74 Å². The van der Waals surface area contributed by atoms with Crippen LogP contribution in [0.15, 0.2) is 78.0 Å². The third kappa shape index (κ3) is 6.28. The van der Waals surface area contributed by atoms with Crippen molar-refractivity contribution in [2.24, 2.45) is 0 Å². The number of hydrogen-bond acceptors (Lipinski definition) is 5. The lowest BCUT2D eigenvalue weighted by atomic mass is 10.1. The largest absolute Gasteiger partial charge is 0.497 e.